The van der Waals surface area contributed by atoms with Gasteiger partial charge in [0.25, 0.3) is 0 Å². The van der Waals surface area contributed by atoms with Crippen LogP contribution in [-0.4, -0.2) is 46.5 Å². The molecule has 1 fully saturated rings. The van der Waals surface area contributed by atoms with E-state index in [2.05, 4.69) is 0 Å². The van der Waals surface area contributed by atoms with Crippen LogP contribution in [0.3, 0.4) is 0 Å². The minimum Gasteiger partial charge on any atom is -0.481 e. The van der Waals surface area contributed by atoms with Crippen LogP contribution in [0.5, 0.6) is 0 Å². The van der Waals surface area contributed by atoms with Gasteiger partial charge in [0.15, 0.2) is 0 Å². The summed E-state index contributed by atoms with van der Waals surface area (Å²) in [5, 5.41) is 8.67. The number of piperidine rings is 1. The monoisotopic (exact) mass is 259 g/mol. The molecule has 0 aromatic carbocycles. The Morgan fingerprint density at radius 3 is 2.82 bits per heavy atom. The summed E-state index contributed by atoms with van der Waals surface area (Å²) in [6.45, 7) is 3.48. The van der Waals surface area contributed by atoms with Gasteiger partial charge in [-0.1, -0.05) is 0 Å². The Hall–Kier alpha value is -0.710. The molecular weight excluding hydrogens is 238 g/mol. The number of amides is 1. The molecule has 0 aromatic heterocycles. The van der Waals surface area contributed by atoms with Crippen molar-refractivity contribution < 1.29 is 14.7 Å². The maximum absolute atomic E-state index is 12.0. The first-order valence-corrected chi connectivity index (χ1v) is 7.36. The van der Waals surface area contributed by atoms with Crippen LogP contribution in [-0.2, 0) is 9.59 Å². The highest BCUT2D eigenvalue weighted by atomic mass is 32.2. The molecule has 1 amide bonds. The molecule has 0 spiro atoms. The fraction of sp³-hybridized carbons (Fsp3) is 0.833. The number of carbonyl (C=O) groups is 2. The van der Waals surface area contributed by atoms with Crippen LogP contribution < -0.4 is 0 Å². The van der Waals surface area contributed by atoms with Crippen molar-refractivity contribution in [2.75, 3.05) is 19.3 Å². The summed E-state index contributed by atoms with van der Waals surface area (Å²) >= 11 is 1.56. The molecule has 0 aromatic rings. The molecule has 1 aliphatic rings. The van der Waals surface area contributed by atoms with E-state index < -0.39 is 5.97 Å². The molecule has 1 aliphatic heterocycles. The first kappa shape index (κ1) is 14.4. The minimum absolute atomic E-state index is 0.00761. The Morgan fingerprint density at radius 2 is 2.24 bits per heavy atom. The van der Waals surface area contributed by atoms with Gasteiger partial charge in [-0.05, 0) is 38.4 Å². The summed E-state index contributed by atoms with van der Waals surface area (Å²) in [6, 6.07) is 0. The Bertz CT molecular complexity index is 283. The summed E-state index contributed by atoms with van der Waals surface area (Å²) in [7, 11) is 0. The number of aliphatic carboxylic acids is 1. The topological polar surface area (TPSA) is 57.6 Å². The van der Waals surface area contributed by atoms with Crippen LogP contribution >= 0.6 is 11.8 Å². The number of likely N-dealkylation sites (tertiary alicyclic amines) is 1. The Morgan fingerprint density at radius 1 is 1.53 bits per heavy atom. The molecule has 1 N–H and O–H groups in total. The second-order valence-electron chi connectivity index (χ2n) is 4.60. The molecule has 5 heteroatoms. The average molecular weight is 259 g/mol. The third-order valence-corrected chi connectivity index (χ3v) is 4.21. The van der Waals surface area contributed by atoms with E-state index in [9.17, 15) is 9.59 Å². The van der Waals surface area contributed by atoms with Gasteiger partial charge in [0.1, 0.15) is 0 Å². The average Bonchev–Trinajstić information content (AvgIpc) is 2.34. The predicted molar refractivity (Wildman–Crippen MR) is 69.2 cm³/mol. The molecule has 0 radical (unpaired) electrons. The van der Waals surface area contributed by atoms with Crippen molar-refractivity contribution >= 4 is 23.6 Å². The zero-order chi connectivity index (χ0) is 12.8. The standard InChI is InChI=1S/C12H21NO3S/c1-9(17-2)12(16)13-7-3-4-10(8-13)5-6-11(14)15/h9-10H,3-8H2,1-2H3,(H,14,15)/t9-,10-/m1/s1. The van der Waals surface area contributed by atoms with Crippen molar-refractivity contribution in [2.45, 2.75) is 37.9 Å². The van der Waals surface area contributed by atoms with Gasteiger partial charge in [0.05, 0.1) is 5.25 Å². The van der Waals surface area contributed by atoms with Gasteiger partial charge in [-0.15, -0.1) is 0 Å². The van der Waals surface area contributed by atoms with Crippen LogP contribution in [0.25, 0.3) is 0 Å². The van der Waals surface area contributed by atoms with E-state index in [4.69, 9.17) is 5.11 Å². The van der Waals surface area contributed by atoms with Crippen LogP contribution in [0.2, 0.25) is 0 Å². The van der Waals surface area contributed by atoms with Gasteiger partial charge in [-0.3, -0.25) is 9.59 Å². The molecule has 98 valence electrons. The van der Waals surface area contributed by atoms with Crippen LogP contribution in [0.15, 0.2) is 0 Å². The van der Waals surface area contributed by atoms with Gasteiger partial charge in [0, 0.05) is 19.5 Å². The molecule has 1 heterocycles. The number of rotatable bonds is 5. The fourth-order valence-electron chi connectivity index (χ4n) is 2.19. The van der Waals surface area contributed by atoms with E-state index in [-0.39, 0.29) is 17.6 Å². The number of hydrogen-bond donors (Lipinski definition) is 1. The maximum Gasteiger partial charge on any atom is 0.303 e. The second kappa shape index (κ2) is 6.89. The highest BCUT2D eigenvalue weighted by Gasteiger charge is 2.26. The number of nitrogens with zero attached hydrogens (tertiary/aromatic N) is 1. The van der Waals surface area contributed by atoms with Crippen LogP contribution in [0.1, 0.15) is 32.6 Å². The van der Waals surface area contributed by atoms with Crippen molar-refractivity contribution in [3.05, 3.63) is 0 Å². The smallest absolute Gasteiger partial charge is 0.303 e. The van der Waals surface area contributed by atoms with E-state index in [0.717, 1.165) is 25.9 Å². The predicted octanol–water partition coefficient (Wildman–Crippen LogP) is 1.84. The Labute approximate surface area is 107 Å². The highest BCUT2D eigenvalue weighted by molar-refractivity contribution is 7.99. The fourth-order valence-corrected chi connectivity index (χ4v) is 2.54. The van der Waals surface area contributed by atoms with Crippen molar-refractivity contribution in [1.82, 2.24) is 4.90 Å². The lowest BCUT2D eigenvalue weighted by Gasteiger charge is -2.34. The van der Waals surface area contributed by atoms with Gasteiger partial charge in [-0.2, -0.15) is 11.8 Å². The third-order valence-electron chi connectivity index (χ3n) is 3.30. The van der Waals surface area contributed by atoms with Crippen molar-refractivity contribution in [3.63, 3.8) is 0 Å². The SMILES string of the molecule is CS[C@H](C)C(=O)N1CCC[C@H](CCC(=O)O)C1. The summed E-state index contributed by atoms with van der Waals surface area (Å²) in [5.41, 5.74) is 0. The molecule has 17 heavy (non-hydrogen) atoms. The summed E-state index contributed by atoms with van der Waals surface area (Å²) < 4.78 is 0. The molecule has 0 saturated carbocycles. The van der Waals surface area contributed by atoms with Gasteiger partial charge < -0.3 is 10.0 Å². The Kier molecular flexibility index (Phi) is 5.82. The van der Waals surface area contributed by atoms with E-state index in [0.29, 0.717) is 12.3 Å². The molecule has 2 atom stereocenters. The van der Waals surface area contributed by atoms with E-state index >= 15 is 0 Å². The minimum atomic E-state index is -0.745. The van der Waals surface area contributed by atoms with E-state index in [1.165, 1.54) is 0 Å². The Balaban J connectivity index is 2.43. The van der Waals surface area contributed by atoms with Crippen molar-refractivity contribution in [1.29, 1.82) is 0 Å². The maximum atomic E-state index is 12.0. The summed E-state index contributed by atoms with van der Waals surface area (Å²) in [6.07, 6.45) is 4.88. The summed E-state index contributed by atoms with van der Waals surface area (Å²) in [4.78, 5) is 24.4. The number of carboxylic acids is 1. The summed E-state index contributed by atoms with van der Waals surface area (Å²) in [5.74, 6) is -0.193. The number of carboxylic acid groups (broad SMARTS) is 1. The molecule has 1 rings (SSSR count). The molecular formula is C12H21NO3S. The van der Waals surface area contributed by atoms with Crippen molar-refractivity contribution in [2.24, 2.45) is 5.92 Å². The molecule has 4 nitrogen and oxygen atoms in total. The first-order valence-electron chi connectivity index (χ1n) is 6.08. The normalized spacial score (nSPS) is 22.2. The molecule has 0 unspecified atom stereocenters. The van der Waals surface area contributed by atoms with Gasteiger partial charge >= 0.3 is 5.97 Å². The van der Waals surface area contributed by atoms with Gasteiger partial charge in [-0.25, -0.2) is 0 Å². The lowest BCUT2D eigenvalue weighted by atomic mass is 9.93. The lowest BCUT2D eigenvalue weighted by Crippen LogP contribution is -2.43. The lowest BCUT2D eigenvalue weighted by molar-refractivity contribution is -0.137. The number of thioether (sulfide) groups is 1. The van der Waals surface area contributed by atoms with Crippen LogP contribution in [0, 0.1) is 5.92 Å². The largest absolute Gasteiger partial charge is 0.481 e. The zero-order valence-electron chi connectivity index (χ0n) is 10.5. The van der Waals surface area contributed by atoms with Gasteiger partial charge in [0.2, 0.25) is 5.91 Å². The molecule has 1 saturated heterocycles. The zero-order valence-corrected chi connectivity index (χ0v) is 11.3. The first-order chi connectivity index (χ1) is 8.04. The van der Waals surface area contributed by atoms with E-state index in [1.807, 2.05) is 18.1 Å². The van der Waals surface area contributed by atoms with E-state index in [1.54, 1.807) is 11.8 Å². The number of hydrogen-bond acceptors (Lipinski definition) is 3. The molecule has 0 aliphatic carbocycles. The highest BCUT2D eigenvalue weighted by Crippen LogP contribution is 2.22. The van der Waals surface area contributed by atoms with Crippen molar-refractivity contribution in [3.8, 4) is 0 Å². The van der Waals surface area contributed by atoms with Crippen LogP contribution in [0.4, 0.5) is 0 Å². The second-order valence-corrected chi connectivity index (χ2v) is 5.78. The third kappa shape index (κ3) is 4.58. The number of carbonyl (C=O) groups excluding carboxylic acids is 1. The molecule has 0 bridgehead atoms. The quantitative estimate of drug-likeness (QED) is 0.818.